The number of nitrogens with two attached hydrogens (primary N) is 2. The summed E-state index contributed by atoms with van der Waals surface area (Å²) in [5.41, 5.74) is 10.1. The van der Waals surface area contributed by atoms with E-state index in [2.05, 4.69) is 25.7 Å². The predicted molar refractivity (Wildman–Crippen MR) is 63.4 cm³/mol. The van der Waals surface area contributed by atoms with Gasteiger partial charge in [0.05, 0.1) is 5.54 Å². The molecule has 0 fully saturated rings. The highest BCUT2D eigenvalue weighted by Gasteiger charge is 2.25. The van der Waals surface area contributed by atoms with E-state index in [0.29, 0.717) is 12.5 Å². The molecule has 0 spiro atoms. The van der Waals surface area contributed by atoms with Crippen LogP contribution in [0.15, 0.2) is 0 Å². The summed E-state index contributed by atoms with van der Waals surface area (Å²) in [6, 6.07) is 0.535. The lowest BCUT2D eigenvalue weighted by atomic mass is 9.96. The van der Waals surface area contributed by atoms with Crippen LogP contribution in [0.25, 0.3) is 0 Å². The van der Waals surface area contributed by atoms with Crippen molar-refractivity contribution in [3.05, 3.63) is 0 Å². The van der Waals surface area contributed by atoms with Gasteiger partial charge < -0.3 is 16.4 Å². The van der Waals surface area contributed by atoms with Crippen LogP contribution >= 0.6 is 0 Å². The third-order valence-electron chi connectivity index (χ3n) is 2.84. The van der Waals surface area contributed by atoms with Crippen molar-refractivity contribution < 1.29 is 4.79 Å². The third-order valence-corrected chi connectivity index (χ3v) is 2.84. The van der Waals surface area contributed by atoms with Crippen LogP contribution in [0.1, 0.15) is 40.5 Å². The first kappa shape index (κ1) is 14.4. The molecule has 0 saturated heterocycles. The van der Waals surface area contributed by atoms with Gasteiger partial charge in [0, 0.05) is 6.04 Å². The van der Waals surface area contributed by atoms with Crippen LogP contribution in [-0.4, -0.2) is 35.5 Å². The summed E-state index contributed by atoms with van der Waals surface area (Å²) < 4.78 is 0. The molecule has 0 saturated carbocycles. The zero-order valence-corrected chi connectivity index (χ0v) is 10.4. The Hall–Kier alpha value is -0.610. The monoisotopic (exact) mass is 215 g/mol. The first-order valence-corrected chi connectivity index (χ1v) is 5.64. The molecule has 0 aliphatic carbocycles. The second kappa shape index (κ2) is 6.08. The molecule has 4 nitrogen and oxygen atoms in total. The van der Waals surface area contributed by atoms with Gasteiger partial charge in [-0.1, -0.05) is 6.92 Å². The number of primary amides is 1. The van der Waals surface area contributed by atoms with Crippen molar-refractivity contribution in [1.82, 2.24) is 4.90 Å². The first-order chi connectivity index (χ1) is 6.81. The van der Waals surface area contributed by atoms with Gasteiger partial charge in [-0.25, -0.2) is 0 Å². The van der Waals surface area contributed by atoms with Crippen molar-refractivity contribution in [1.29, 1.82) is 0 Å². The van der Waals surface area contributed by atoms with E-state index in [1.165, 1.54) is 0 Å². The van der Waals surface area contributed by atoms with Crippen molar-refractivity contribution in [3.8, 4) is 0 Å². The van der Waals surface area contributed by atoms with E-state index in [-0.39, 0.29) is 0 Å². The van der Waals surface area contributed by atoms with Gasteiger partial charge in [-0.15, -0.1) is 0 Å². The number of hydrogen-bond donors (Lipinski definition) is 2. The van der Waals surface area contributed by atoms with Crippen LogP contribution in [0.2, 0.25) is 0 Å². The molecule has 0 aromatic rings. The first-order valence-electron chi connectivity index (χ1n) is 5.64. The van der Waals surface area contributed by atoms with Gasteiger partial charge in [-0.2, -0.15) is 0 Å². The van der Waals surface area contributed by atoms with E-state index in [1.54, 1.807) is 6.92 Å². The number of carbonyl (C=O) groups is 1. The molecular weight excluding hydrogens is 190 g/mol. The Morgan fingerprint density at radius 2 is 2.00 bits per heavy atom. The molecule has 0 bridgehead atoms. The van der Waals surface area contributed by atoms with Crippen LogP contribution in [0.5, 0.6) is 0 Å². The Balaban J connectivity index is 3.92. The Bertz CT molecular complexity index is 202. The van der Waals surface area contributed by atoms with E-state index in [4.69, 9.17) is 11.5 Å². The van der Waals surface area contributed by atoms with Gasteiger partial charge in [-0.05, 0) is 46.7 Å². The average molecular weight is 215 g/mol. The second-order valence-corrected chi connectivity index (χ2v) is 4.61. The molecule has 0 aromatic carbocycles. The Kier molecular flexibility index (Phi) is 5.83. The summed E-state index contributed by atoms with van der Waals surface area (Å²) in [5.74, 6) is -0.421. The zero-order valence-electron chi connectivity index (χ0n) is 10.4. The molecule has 4 N–H and O–H groups in total. The average Bonchev–Trinajstić information content (AvgIpc) is 2.11. The van der Waals surface area contributed by atoms with Crippen molar-refractivity contribution in [3.63, 3.8) is 0 Å². The fourth-order valence-electron chi connectivity index (χ4n) is 1.55. The number of nitrogens with zero attached hydrogens (tertiary/aromatic N) is 1. The molecular formula is C11H25N3O. The minimum absolute atomic E-state index is 0.421. The van der Waals surface area contributed by atoms with Crippen LogP contribution in [0.3, 0.4) is 0 Å². The highest BCUT2D eigenvalue weighted by molar-refractivity contribution is 5.83. The predicted octanol–water partition coefficient (Wildman–Crippen LogP) is 0.700. The van der Waals surface area contributed by atoms with Gasteiger partial charge in [-0.3, -0.25) is 4.79 Å². The maximum absolute atomic E-state index is 11.0. The number of amides is 1. The minimum Gasteiger partial charge on any atom is -0.368 e. The smallest absolute Gasteiger partial charge is 0.237 e. The molecule has 0 aromatic heterocycles. The molecule has 15 heavy (non-hydrogen) atoms. The molecule has 90 valence electrons. The summed E-state index contributed by atoms with van der Waals surface area (Å²) >= 11 is 0. The standard InChI is InChI=1S/C11H25N3O/c1-5-14(9(2)3)8-6-7-11(4,13)10(12)15/h9H,5-8,13H2,1-4H3,(H2,12,15). The molecule has 1 amide bonds. The quantitative estimate of drug-likeness (QED) is 0.656. The van der Waals surface area contributed by atoms with Gasteiger partial charge in [0.25, 0.3) is 0 Å². The van der Waals surface area contributed by atoms with Crippen LogP contribution in [0.4, 0.5) is 0 Å². The number of carbonyl (C=O) groups excluding carboxylic acids is 1. The maximum Gasteiger partial charge on any atom is 0.237 e. The largest absolute Gasteiger partial charge is 0.368 e. The number of hydrogen-bond acceptors (Lipinski definition) is 3. The molecule has 0 radical (unpaired) electrons. The lowest BCUT2D eigenvalue weighted by Gasteiger charge is -2.27. The SMILES string of the molecule is CCN(CCCC(C)(N)C(N)=O)C(C)C. The van der Waals surface area contributed by atoms with E-state index >= 15 is 0 Å². The minimum atomic E-state index is -0.865. The van der Waals surface area contributed by atoms with Gasteiger partial charge in [0.2, 0.25) is 5.91 Å². The highest BCUT2D eigenvalue weighted by atomic mass is 16.1. The molecule has 0 aliphatic heterocycles. The van der Waals surface area contributed by atoms with Crippen molar-refractivity contribution in [2.45, 2.75) is 52.1 Å². The fourth-order valence-corrected chi connectivity index (χ4v) is 1.55. The third kappa shape index (κ3) is 5.14. The zero-order chi connectivity index (χ0) is 12.1. The highest BCUT2D eigenvalue weighted by Crippen LogP contribution is 2.09. The molecule has 1 atom stereocenters. The van der Waals surface area contributed by atoms with E-state index in [1.807, 2.05) is 0 Å². The Morgan fingerprint density at radius 3 is 2.33 bits per heavy atom. The molecule has 1 unspecified atom stereocenters. The van der Waals surface area contributed by atoms with Crippen LogP contribution in [0, 0.1) is 0 Å². The molecule has 0 rings (SSSR count). The van der Waals surface area contributed by atoms with E-state index < -0.39 is 11.4 Å². The van der Waals surface area contributed by atoms with Gasteiger partial charge in [0.1, 0.15) is 0 Å². The van der Waals surface area contributed by atoms with Gasteiger partial charge >= 0.3 is 0 Å². The summed E-state index contributed by atoms with van der Waals surface area (Å²) in [6.07, 6.45) is 1.55. The van der Waals surface area contributed by atoms with E-state index in [0.717, 1.165) is 19.5 Å². The van der Waals surface area contributed by atoms with Crippen molar-refractivity contribution in [2.24, 2.45) is 11.5 Å². The summed E-state index contributed by atoms with van der Waals surface area (Å²) in [7, 11) is 0. The number of rotatable bonds is 7. The lowest BCUT2D eigenvalue weighted by molar-refractivity contribution is -0.122. The van der Waals surface area contributed by atoms with E-state index in [9.17, 15) is 4.79 Å². The topological polar surface area (TPSA) is 72.3 Å². The maximum atomic E-state index is 11.0. The van der Waals surface area contributed by atoms with Crippen LogP contribution in [-0.2, 0) is 4.79 Å². The second-order valence-electron chi connectivity index (χ2n) is 4.61. The van der Waals surface area contributed by atoms with Crippen LogP contribution < -0.4 is 11.5 Å². The summed E-state index contributed by atoms with van der Waals surface area (Å²) in [5, 5.41) is 0. The molecule has 4 heteroatoms. The van der Waals surface area contributed by atoms with Crippen molar-refractivity contribution >= 4 is 5.91 Å². The van der Waals surface area contributed by atoms with Crippen molar-refractivity contribution in [2.75, 3.05) is 13.1 Å². The summed E-state index contributed by atoms with van der Waals surface area (Å²) in [4.78, 5) is 13.3. The summed E-state index contributed by atoms with van der Waals surface area (Å²) in [6.45, 7) is 10.2. The Morgan fingerprint density at radius 1 is 1.47 bits per heavy atom. The lowest BCUT2D eigenvalue weighted by Crippen LogP contribution is -2.49. The molecule has 0 aliphatic rings. The Labute approximate surface area is 93.0 Å². The normalized spacial score (nSPS) is 15.7. The molecule has 0 heterocycles. The fraction of sp³-hybridized carbons (Fsp3) is 0.909. The van der Waals surface area contributed by atoms with Gasteiger partial charge in [0.15, 0.2) is 0 Å².